The zero-order valence-electron chi connectivity index (χ0n) is 9.33. The molecule has 3 aromatic rings. The number of halogens is 1. The molecule has 0 aliphatic rings. The van der Waals surface area contributed by atoms with E-state index in [2.05, 4.69) is 16.9 Å². The van der Waals surface area contributed by atoms with Crippen LogP contribution < -0.4 is 0 Å². The molecule has 0 saturated heterocycles. The van der Waals surface area contributed by atoms with Gasteiger partial charge in [-0.3, -0.25) is 0 Å². The van der Waals surface area contributed by atoms with Crippen molar-refractivity contribution in [2.45, 2.75) is 13.3 Å². The third-order valence-electron chi connectivity index (χ3n) is 2.71. The van der Waals surface area contributed by atoms with Crippen LogP contribution in [0.3, 0.4) is 0 Å². The van der Waals surface area contributed by atoms with Gasteiger partial charge >= 0.3 is 0 Å². The van der Waals surface area contributed by atoms with E-state index < -0.39 is 0 Å². The van der Waals surface area contributed by atoms with E-state index in [4.69, 9.17) is 16.0 Å². The molecule has 0 aliphatic heterocycles. The average molecular weight is 247 g/mol. The Bertz CT molecular complexity index is 669. The van der Waals surface area contributed by atoms with Crippen LogP contribution in [0.2, 0.25) is 5.02 Å². The van der Waals surface area contributed by atoms with E-state index >= 15 is 0 Å². The van der Waals surface area contributed by atoms with Gasteiger partial charge in [0.2, 0.25) is 0 Å². The summed E-state index contributed by atoms with van der Waals surface area (Å²) in [4.78, 5) is 7.65. The van der Waals surface area contributed by atoms with E-state index in [-0.39, 0.29) is 0 Å². The monoisotopic (exact) mass is 246 g/mol. The van der Waals surface area contributed by atoms with Crippen LogP contribution in [0, 0.1) is 0 Å². The largest absolute Gasteiger partial charge is 0.458 e. The van der Waals surface area contributed by atoms with Gasteiger partial charge in [-0.15, -0.1) is 0 Å². The number of nitrogens with zero attached hydrogens (tertiary/aromatic N) is 1. The second kappa shape index (κ2) is 3.93. The molecule has 0 saturated carbocycles. The molecule has 3 rings (SSSR count). The lowest BCUT2D eigenvalue weighted by atomic mass is 10.3. The van der Waals surface area contributed by atoms with Crippen LogP contribution in [0.4, 0.5) is 0 Å². The van der Waals surface area contributed by atoms with Gasteiger partial charge in [-0.25, -0.2) is 4.98 Å². The molecule has 0 amide bonds. The summed E-state index contributed by atoms with van der Waals surface area (Å²) in [5, 5.41) is 0.646. The van der Waals surface area contributed by atoms with Crippen molar-refractivity contribution in [3.05, 3.63) is 41.1 Å². The quantitative estimate of drug-likeness (QED) is 0.742. The standard InChI is InChI=1S/C13H11ClN2O/c1-2-8-6-7-11(17-8)13-15-10-5-3-4-9(14)12(10)16-13/h3-7H,2H2,1H3,(H,15,16). The van der Waals surface area contributed by atoms with Crippen molar-refractivity contribution in [1.82, 2.24) is 9.97 Å². The number of aromatic nitrogens is 2. The Morgan fingerprint density at radius 1 is 1.29 bits per heavy atom. The first-order chi connectivity index (χ1) is 8.28. The second-order valence-corrected chi connectivity index (χ2v) is 4.25. The van der Waals surface area contributed by atoms with Gasteiger partial charge in [0, 0.05) is 6.42 Å². The minimum Gasteiger partial charge on any atom is -0.458 e. The Labute approximate surface area is 103 Å². The van der Waals surface area contributed by atoms with Gasteiger partial charge in [-0.05, 0) is 24.3 Å². The van der Waals surface area contributed by atoms with Gasteiger partial charge in [-0.1, -0.05) is 24.6 Å². The number of hydrogen-bond donors (Lipinski definition) is 1. The van der Waals surface area contributed by atoms with Crippen molar-refractivity contribution in [3.63, 3.8) is 0 Å². The molecule has 4 heteroatoms. The molecule has 0 bridgehead atoms. The summed E-state index contributed by atoms with van der Waals surface area (Å²) in [6.07, 6.45) is 0.876. The first-order valence-corrected chi connectivity index (χ1v) is 5.89. The number of benzene rings is 1. The lowest BCUT2D eigenvalue weighted by molar-refractivity contribution is 0.526. The SMILES string of the molecule is CCc1ccc(-c2nc3c(Cl)cccc3[nH]2)o1. The number of fused-ring (bicyclic) bond motifs is 1. The molecular weight excluding hydrogens is 236 g/mol. The molecule has 0 atom stereocenters. The highest BCUT2D eigenvalue weighted by Crippen LogP contribution is 2.26. The number of aromatic amines is 1. The third kappa shape index (κ3) is 1.72. The fourth-order valence-corrected chi connectivity index (χ4v) is 2.03. The number of para-hydroxylation sites is 1. The molecule has 0 unspecified atom stereocenters. The third-order valence-corrected chi connectivity index (χ3v) is 3.01. The van der Waals surface area contributed by atoms with Crippen molar-refractivity contribution in [1.29, 1.82) is 0 Å². The molecule has 0 radical (unpaired) electrons. The Kier molecular flexibility index (Phi) is 2.41. The fourth-order valence-electron chi connectivity index (χ4n) is 1.81. The van der Waals surface area contributed by atoms with Crippen LogP contribution >= 0.6 is 11.6 Å². The number of nitrogens with one attached hydrogen (secondary N) is 1. The Morgan fingerprint density at radius 2 is 2.18 bits per heavy atom. The Balaban J connectivity index is 2.14. The van der Waals surface area contributed by atoms with E-state index in [1.165, 1.54) is 0 Å². The van der Waals surface area contributed by atoms with Crippen LogP contribution in [0.25, 0.3) is 22.6 Å². The first kappa shape index (κ1) is 10.4. The van der Waals surface area contributed by atoms with Crippen LogP contribution in [0.15, 0.2) is 34.7 Å². The number of H-pyrrole nitrogens is 1. The van der Waals surface area contributed by atoms with Crippen molar-refractivity contribution >= 4 is 22.6 Å². The number of aryl methyl sites for hydroxylation is 1. The van der Waals surface area contributed by atoms with E-state index in [1.54, 1.807) is 0 Å². The second-order valence-electron chi connectivity index (χ2n) is 3.84. The molecule has 86 valence electrons. The van der Waals surface area contributed by atoms with Crippen molar-refractivity contribution < 1.29 is 4.42 Å². The van der Waals surface area contributed by atoms with Crippen molar-refractivity contribution in [3.8, 4) is 11.6 Å². The number of imidazole rings is 1. The topological polar surface area (TPSA) is 41.8 Å². The van der Waals surface area contributed by atoms with Gasteiger partial charge in [0.1, 0.15) is 11.3 Å². The highest BCUT2D eigenvalue weighted by molar-refractivity contribution is 6.34. The molecule has 0 aliphatic carbocycles. The van der Waals surface area contributed by atoms with E-state index in [0.717, 1.165) is 29.0 Å². The molecule has 1 N–H and O–H groups in total. The fraction of sp³-hybridized carbons (Fsp3) is 0.154. The first-order valence-electron chi connectivity index (χ1n) is 5.51. The number of hydrogen-bond acceptors (Lipinski definition) is 2. The maximum atomic E-state index is 6.08. The summed E-state index contributed by atoms with van der Waals surface area (Å²) in [5.74, 6) is 2.41. The van der Waals surface area contributed by atoms with Crippen molar-refractivity contribution in [2.75, 3.05) is 0 Å². The summed E-state index contributed by atoms with van der Waals surface area (Å²) in [7, 11) is 0. The van der Waals surface area contributed by atoms with Gasteiger partial charge < -0.3 is 9.40 Å². The molecule has 0 spiro atoms. The Hall–Kier alpha value is -1.74. The zero-order valence-corrected chi connectivity index (χ0v) is 10.1. The minimum atomic E-state index is 0.646. The highest BCUT2D eigenvalue weighted by Gasteiger charge is 2.10. The van der Waals surface area contributed by atoms with Crippen LogP contribution in [-0.4, -0.2) is 9.97 Å². The predicted molar refractivity (Wildman–Crippen MR) is 68.2 cm³/mol. The molecule has 2 aromatic heterocycles. The van der Waals surface area contributed by atoms with Crippen LogP contribution in [-0.2, 0) is 6.42 Å². The van der Waals surface area contributed by atoms with E-state index in [1.807, 2.05) is 30.3 Å². The minimum absolute atomic E-state index is 0.646. The molecule has 2 heterocycles. The molecule has 0 fully saturated rings. The predicted octanol–water partition coefficient (Wildman–Crippen LogP) is 4.04. The van der Waals surface area contributed by atoms with Gasteiger partial charge in [0.15, 0.2) is 11.6 Å². The summed E-state index contributed by atoms with van der Waals surface area (Å²) in [5.41, 5.74) is 1.69. The van der Waals surface area contributed by atoms with Crippen LogP contribution in [0.1, 0.15) is 12.7 Å². The van der Waals surface area contributed by atoms with Gasteiger partial charge in [0.25, 0.3) is 0 Å². The van der Waals surface area contributed by atoms with Crippen molar-refractivity contribution in [2.24, 2.45) is 0 Å². The van der Waals surface area contributed by atoms with Crippen LogP contribution in [0.5, 0.6) is 0 Å². The summed E-state index contributed by atoms with van der Waals surface area (Å²) in [6, 6.07) is 9.55. The average Bonchev–Trinajstić information content (AvgIpc) is 2.95. The number of rotatable bonds is 2. The van der Waals surface area contributed by atoms with Gasteiger partial charge in [0.05, 0.1) is 10.5 Å². The highest BCUT2D eigenvalue weighted by atomic mass is 35.5. The Morgan fingerprint density at radius 3 is 2.88 bits per heavy atom. The maximum absolute atomic E-state index is 6.08. The summed E-state index contributed by atoms with van der Waals surface area (Å²) < 4.78 is 5.65. The summed E-state index contributed by atoms with van der Waals surface area (Å²) >= 11 is 6.08. The zero-order chi connectivity index (χ0) is 11.8. The smallest absolute Gasteiger partial charge is 0.174 e. The molecular formula is C13H11ClN2O. The molecule has 1 aromatic carbocycles. The molecule has 17 heavy (non-hydrogen) atoms. The summed E-state index contributed by atoms with van der Waals surface area (Å²) in [6.45, 7) is 2.05. The normalized spacial score (nSPS) is 11.2. The number of furan rings is 1. The van der Waals surface area contributed by atoms with E-state index in [0.29, 0.717) is 10.8 Å². The van der Waals surface area contributed by atoms with Gasteiger partial charge in [-0.2, -0.15) is 0 Å². The molecule has 3 nitrogen and oxygen atoms in total. The maximum Gasteiger partial charge on any atom is 0.174 e. The lowest BCUT2D eigenvalue weighted by Crippen LogP contribution is -1.75. The van der Waals surface area contributed by atoms with E-state index in [9.17, 15) is 0 Å². The lowest BCUT2D eigenvalue weighted by Gasteiger charge is -1.89.